The number of halogens is 1. The van der Waals surface area contributed by atoms with Crippen molar-refractivity contribution in [2.75, 3.05) is 45.8 Å². The lowest BCUT2D eigenvalue weighted by atomic mass is 9.91. The van der Waals surface area contributed by atoms with Gasteiger partial charge in [0.2, 0.25) is 41.9 Å². The highest BCUT2D eigenvalue weighted by Crippen LogP contribution is 2.22. The highest BCUT2D eigenvalue weighted by Gasteiger charge is 2.41. The third kappa shape index (κ3) is 26.5. The Balaban J connectivity index is 0.00000127. The highest BCUT2D eigenvalue weighted by molar-refractivity contribution is 5.95. The number of nitrogens with two attached hydrogens (primary N) is 3. The van der Waals surface area contributed by atoms with Gasteiger partial charge in [-0.15, -0.1) is 0 Å². The number of amides is 7. The van der Waals surface area contributed by atoms with Crippen molar-refractivity contribution in [1.29, 1.82) is 0 Å². The molecule has 2 aliphatic rings. The Morgan fingerprint density at radius 3 is 2.03 bits per heavy atom. The number of aromatic hydroxyl groups is 1. The van der Waals surface area contributed by atoms with Crippen LogP contribution in [0.25, 0.3) is 0 Å². The summed E-state index contributed by atoms with van der Waals surface area (Å²) >= 11 is 0. The number of hydrogen-bond acceptors (Lipinski definition) is 14. The molecule has 2 heterocycles. The lowest BCUT2D eigenvalue weighted by Gasteiger charge is -2.31. The topological polar surface area (TPSA) is 345 Å². The van der Waals surface area contributed by atoms with E-state index in [9.17, 15) is 58.4 Å². The third-order valence-corrected chi connectivity index (χ3v) is 13.1. The molecule has 2 aliphatic heterocycles. The molecule has 0 bridgehead atoms. The molecule has 74 heavy (non-hydrogen) atoms. The molecule has 2 fully saturated rings. The Labute approximate surface area is 438 Å². The number of aliphatic hydroxyl groups excluding tert-OH is 3. The first-order valence-electron chi connectivity index (χ1n) is 26.8. The number of benzene rings is 1. The summed E-state index contributed by atoms with van der Waals surface area (Å²) in [5.41, 5.74) is 15.9. The number of carbonyl (C=O) groups is 7. The van der Waals surface area contributed by atoms with Crippen LogP contribution >= 0.6 is 0 Å². The summed E-state index contributed by atoms with van der Waals surface area (Å²) in [6, 6.07) is 1.81. The molecular formula is C52H93FN10O11. The Morgan fingerprint density at radius 1 is 0.784 bits per heavy atom. The zero-order valence-electron chi connectivity index (χ0n) is 44.8. The van der Waals surface area contributed by atoms with Gasteiger partial charge in [-0.3, -0.25) is 33.6 Å². The van der Waals surface area contributed by atoms with E-state index in [1.165, 1.54) is 61.0 Å². The van der Waals surface area contributed by atoms with Gasteiger partial charge in [0.15, 0.2) is 6.30 Å². The monoisotopic (exact) mass is 1050 g/mol. The summed E-state index contributed by atoms with van der Waals surface area (Å²) in [6.45, 7) is 12.1. The van der Waals surface area contributed by atoms with Crippen LogP contribution in [0, 0.1) is 11.8 Å². The Hall–Kier alpha value is -5.00. The third-order valence-electron chi connectivity index (χ3n) is 13.1. The molecule has 1 aromatic rings. The molecule has 0 aliphatic carbocycles. The maximum atomic E-state index is 14.6. The summed E-state index contributed by atoms with van der Waals surface area (Å²) in [7, 11) is 0. The lowest BCUT2D eigenvalue weighted by Crippen LogP contribution is -2.59. The number of phenols is 1. The van der Waals surface area contributed by atoms with E-state index in [1.54, 1.807) is 12.1 Å². The number of aliphatic hydroxyl groups is 3. The predicted octanol–water partition coefficient (Wildman–Crippen LogP) is 1.11. The number of likely N-dealkylation sites (tertiary alicyclic amines) is 2. The number of phenolic OH excluding ortho intramolecular Hbond substituents is 1. The Bertz CT molecular complexity index is 1780. The number of hydrogen-bond donors (Lipinski definition) is 12. The minimum atomic E-state index is -2.14. The van der Waals surface area contributed by atoms with E-state index in [-0.39, 0.29) is 69.3 Å². The second-order valence-electron chi connectivity index (χ2n) is 19.6. The van der Waals surface area contributed by atoms with Gasteiger partial charge in [-0.2, -0.15) is 0 Å². The normalized spacial score (nSPS) is 18.9. The van der Waals surface area contributed by atoms with Gasteiger partial charge in [-0.1, -0.05) is 84.8 Å². The van der Waals surface area contributed by atoms with Gasteiger partial charge in [0.25, 0.3) is 0 Å². The molecule has 3 rings (SSSR count). The standard InChI is InChI=1S/C41H69FN6O8.C9H16N2O3.C2H8N2/c1-5-27(2)25-28(3)13-10-8-6-7-9-11-15-35(52)44-26-36(53)46-37(29(4)49)41(56)48-24-12-14-33(48)40(55)45-32(21-18-30-16-19-31(50)20-17-30)39(54)47-38(42)34(51)22-23-43;1-2-4-10-9(14)8-7(13)3-5-11(8)6-12;3-1-2-4/h16-17,19-20,27-29,32-34,37-38,49-51H,5-15,18,21-26,43H2,1-4H3,(H,44,52)(H,45,55)(H,46,53)(H,47,54);6-8,13H,2-5H2,1H3,(H,10,14);1-4H2/t27?,28?,29-,32?,33?,34?,37?,38?;7-,8?;/m10./s1. The van der Waals surface area contributed by atoms with Crippen LogP contribution in [0.5, 0.6) is 5.75 Å². The molecular weight excluding hydrogens is 960 g/mol. The molecule has 0 saturated carbocycles. The fourth-order valence-corrected chi connectivity index (χ4v) is 8.57. The van der Waals surface area contributed by atoms with Crippen molar-refractivity contribution < 1.29 is 58.4 Å². The Morgan fingerprint density at radius 2 is 1.43 bits per heavy atom. The van der Waals surface area contributed by atoms with E-state index < -0.39 is 72.4 Å². The van der Waals surface area contributed by atoms with Gasteiger partial charge in [0.1, 0.15) is 36.0 Å². The molecule has 0 radical (unpaired) electrons. The summed E-state index contributed by atoms with van der Waals surface area (Å²) < 4.78 is 14.6. The van der Waals surface area contributed by atoms with Gasteiger partial charge in [-0.25, -0.2) is 4.39 Å². The van der Waals surface area contributed by atoms with Crippen molar-refractivity contribution in [3.63, 3.8) is 0 Å². The number of carbonyl (C=O) groups excluding carboxylic acids is 7. The van der Waals surface area contributed by atoms with Crippen molar-refractivity contribution in [1.82, 2.24) is 36.4 Å². The molecule has 0 aromatic heterocycles. The zero-order chi connectivity index (χ0) is 55.6. The van der Waals surface area contributed by atoms with Crippen LogP contribution in [0.3, 0.4) is 0 Å². The minimum Gasteiger partial charge on any atom is -0.508 e. The molecule has 7 amide bonds. The molecule has 8 unspecified atom stereocenters. The van der Waals surface area contributed by atoms with Crippen LogP contribution < -0.4 is 43.8 Å². The van der Waals surface area contributed by atoms with Gasteiger partial charge >= 0.3 is 0 Å². The fraction of sp³-hybridized carbons (Fsp3) is 0.750. The van der Waals surface area contributed by atoms with E-state index >= 15 is 0 Å². The highest BCUT2D eigenvalue weighted by atomic mass is 19.1. The first-order valence-corrected chi connectivity index (χ1v) is 26.8. The van der Waals surface area contributed by atoms with Crippen LogP contribution in [0.2, 0.25) is 0 Å². The quantitative estimate of drug-likeness (QED) is 0.0273. The van der Waals surface area contributed by atoms with Crippen LogP contribution in [0.4, 0.5) is 4.39 Å². The molecule has 21 nitrogen and oxygen atoms in total. The van der Waals surface area contributed by atoms with Gasteiger partial charge in [-0.05, 0) is 101 Å². The molecule has 1 aromatic carbocycles. The average molecular weight is 1050 g/mol. The van der Waals surface area contributed by atoms with Crippen LogP contribution in [0.15, 0.2) is 24.3 Å². The van der Waals surface area contributed by atoms with Crippen molar-refractivity contribution in [3.05, 3.63) is 29.8 Å². The van der Waals surface area contributed by atoms with Crippen LogP contribution in [0.1, 0.15) is 143 Å². The number of unbranched alkanes of at least 4 members (excludes halogenated alkanes) is 5. The van der Waals surface area contributed by atoms with E-state index in [1.807, 2.05) is 6.92 Å². The van der Waals surface area contributed by atoms with Gasteiger partial charge < -0.3 is 74.0 Å². The second kappa shape index (κ2) is 38.5. The molecule has 2 saturated heterocycles. The maximum absolute atomic E-state index is 14.6. The molecule has 10 atom stereocenters. The van der Waals surface area contributed by atoms with E-state index in [4.69, 9.17) is 17.2 Å². The zero-order valence-corrected chi connectivity index (χ0v) is 44.8. The van der Waals surface area contributed by atoms with E-state index in [0.717, 1.165) is 43.1 Å². The minimum absolute atomic E-state index is 0.00867. The van der Waals surface area contributed by atoms with Crippen molar-refractivity contribution in [3.8, 4) is 5.75 Å². The first kappa shape index (κ1) is 67.0. The SMILES string of the molecule is CCC(C)CC(C)CCCCCCCCC(=O)NCC(=O)NC(C(=O)N1CCCC1C(=O)NC(CCc1ccc(O)cc1)C(=O)NC(F)C(O)CCN)[C@@H](C)O.CCCNC(=O)C1[C@@H](O)CCN1C=O.NCCN. The number of nitrogens with zero attached hydrogens (tertiary/aromatic N) is 2. The fourth-order valence-electron chi connectivity index (χ4n) is 8.57. The smallest absolute Gasteiger partial charge is 0.248 e. The summed E-state index contributed by atoms with van der Waals surface area (Å²) in [5, 5.41) is 52.0. The number of nitrogens with one attached hydrogen (secondary N) is 5. The lowest BCUT2D eigenvalue weighted by molar-refractivity contribution is -0.144. The van der Waals surface area contributed by atoms with Crippen LogP contribution in [-0.2, 0) is 40.0 Å². The first-order chi connectivity index (χ1) is 35.3. The van der Waals surface area contributed by atoms with Crippen LogP contribution in [-0.4, -0.2) is 167 Å². The van der Waals surface area contributed by atoms with E-state index in [2.05, 4.69) is 47.4 Å². The second-order valence-corrected chi connectivity index (χ2v) is 19.6. The molecule has 0 spiro atoms. The molecule has 15 N–H and O–H groups in total. The number of alkyl halides is 1. The Kier molecular flexibility index (Phi) is 34.9. The van der Waals surface area contributed by atoms with Gasteiger partial charge in [0, 0.05) is 39.1 Å². The number of aryl methyl sites for hydroxylation is 1. The van der Waals surface area contributed by atoms with Crippen molar-refractivity contribution in [2.45, 2.75) is 193 Å². The predicted molar refractivity (Wildman–Crippen MR) is 281 cm³/mol. The van der Waals surface area contributed by atoms with Gasteiger partial charge in [0.05, 0.1) is 18.8 Å². The molecule has 22 heteroatoms. The molecule has 424 valence electrons. The average Bonchev–Trinajstić information content (AvgIpc) is 4.03. The maximum Gasteiger partial charge on any atom is 0.248 e. The van der Waals surface area contributed by atoms with Crippen molar-refractivity contribution >= 4 is 41.9 Å². The number of rotatable bonds is 32. The summed E-state index contributed by atoms with van der Waals surface area (Å²) in [5.74, 6) is -1.93. The van der Waals surface area contributed by atoms with Crippen molar-refractivity contribution in [2.24, 2.45) is 29.0 Å². The van der Waals surface area contributed by atoms with E-state index in [0.29, 0.717) is 51.9 Å². The summed E-state index contributed by atoms with van der Waals surface area (Å²) in [6.07, 6.45) is 7.28. The summed E-state index contributed by atoms with van der Waals surface area (Å²) in [4.78, 5) is 90.3. The largest absolute Gasteiger partial charge is 0.508 e.